The number of imide groups is 1. The van der Waals surface area contributed by atoms with Crippen LogP contribution in [0.1, 0.15) is 18.5 Å². The van der Waals surface area contributed by atoms with Crippen LogP contribution < -0.4 is 0 Å². The topological polar surface area (TPSA) is 66.7 Å². The van der Waals surface area contributed by atoms with Crippen LogP contribution in [0.5, 0.6) is 0 Å². The van der Waals surface area contributed by atoms with Gasteiger partial charge in [-0.05, 0) is 31.0 Å². The van der Waals surface area contributed by atoms with Crippen LogP contribution in [0.25, 0.3) is 11.5 Å². The van der Waals surface area contributed by atoms with Gasteiger partial charge in [-0.15, -0.1) is 0 Å². The van der Waals surface area contributed by atoms with Crippen LogP contribution in [0.2, 0.25) is 0 Å². The first kappa shape index (κ1) is 13.9. The molecular weight excluding hydrogens is 301 g/mol. The van der Waals surface area contributed by atoms with Gasteiger partial charge in [-0.1, -0.05) is 6.07 Å². The standard InChI is InChI=1S/C16H14FN3O3/c17-11-4-1-3-10(7-11)14-18-12(9-23-14)8-20-15(21)13-5-2-6-19(13)16(20)22/h1,3-4,7,9,13H,2,5-6,8H2. The molecule has 0 bridgehead atoms. The summed E-state index contributed by atoms with van der Waals surface area (Å²) in [4.78, 5) is 31.6. The Kier molecular flexibility index (Phi) is 3.14. The van der Waals surface area contributed by atoms with Crippen molar-refractivity contribution in [1.29, 1.82) is 0 Å². The van der Waals surface area contributed by atoms with Crippen LogP contribution in [-0.2, 0) is 11.3 Å². The van der Waals surface area contributed by atoms with Gasteiger partial charge >= 0.3 is 6.03 Å². The first-order valence-electron chi connectivity index (χ1n) is 7.46. The van der Waals surface area contributed by atoms with Crippen molar-refractivity contribution >= 4 is 11.9 Å². The maximum atomic E-state index is 13.2. The van der Waals surface area contributed by atoms with Gasteiger partial charge in [0.25, 0.3) is 5.91 Å². The maximum Gasteiger partial charge on any atom is 0.327 e. The summed E-state index contributed by atoms with van der Waals surface area (Å²) in [5.41, 5.74) is 0.975. The first-order chi connectivity index (χ1) is 11.1. The Labute approximate surface area is 131 Å². The Morgan fingerprint density at radius 1 is 1.35 bits per heavy atom. The molecule has 3 heterocycles. The molecule has 1 aromatic carbocycles. The zero-order valence-electron chi connectivity index (χ0n) is 12.2. The monoisotopic (exact) mass is 315 g/mol. The molecule has 1 unspecified atom stereocenters. The van der Waals surface area contributed by atoms with Gasteiger partial charge in [-0.25, -0.2) is 14.2 Å². The Morgan fingerprint density at radius 3 is 3.00 bits per heavy atom. The van der Waals surface area contributed by atoms with Crippen LogP contribution in [0.4, 0.5) is 9.18 Å². The number of benzene rings is 1. The van der Waals surface area contributed by atoms with Crippen molar-refractivity contribution in [3.8, 4) is 11.5 Å². The second kappa shape index (κ2) is 5.19. The number of aromatic nitrogens is 1. The molecule has 1 atom stereocenters. The normalized spacial score (nSPS) is 20.5. The second-order valence-electron chi connectivity index (χ2n) is 5.71. The molecule has 2 aliphatic rings. The average Bonchev–Trinajstić information content (AvgIpc) is 3.24. The molecule has 2 saturated heterocycles. The molecule has 118 valence electrons. The van der Waals surface area contributed by atoms with Crippen molar-refractivity contribution < 1.29 is 18.4 Å². The zero-order valence-corrected chi connectivity index (χ0v) is 12.2. The third kappa shape index (κ3) is 2.28. The van der Waals surface area contributed by atoms with E-state index in [4.69, 9.17) is 4.42 Å². The van der Waals surface area contributed by atoms with Gasteiger partial charge < -0.3 is 9.32 Å². The molecular formula is C16H14FN3O3. The maximum absolute atomic E-state index is 13.2. The molecule has 0 aliphatic carbocycles. The molecule has 4 rings (SSSR count). The van der Waals surface area contributed by atoms with E-state index in [1.807, 2.05) is 0 Å². The summed E-state index contributed by atoms with van der Waals surface area (Å²) in [6.45, 7) is 0.697. The third-order valence-electron chi connectivity index (χ3n) is 4.22. The molecule has 2 aromatic rings. The van der Waals surface area contributed by atoms with Crippen molar-refractivity contribution in [2.24, 2.45) is 0 Å². The minimum absolute atomic E-state index is 0.0729. The number of hydrogen-bond acceptors (Lipinski definition) is 4. The van der Waals surface area contributed by atoms with E-state index in [0.717, 1.165) is 6.42 Å². The van der Waals surface area contributed by atoms with E-state index in [2.05, 4.69) is 4.98 Å². The van der Waals surface area contributed by atoms with Crippen LogP contribution >= 0.6 is 0 Å². The van der Waals surface area contributed by atoms with E-state index in [9.17, 15) is 14.0 Å². The smallest absolute Gasteiger partial charge is 0.327 e. The largest absolute Gasteiger partial charge is 0.444 e. The number of carbonyl (C=O) groups excluding carboxylic acids is 2. The summed E-state index contributed by atoms with van der Waals surface area (Å²) < 4.78 is 18.6. The molecule has 3 amide bonds. The molecule has 7 heteroatoms. The van der Waals surface area contributed by atoms with Gasteiger partial charge in [-0.3, -0.25) is 9.69 Å². The molecule has 2 aliphatic heterocycles. The predicted molar refractivity (Wildman–Crippen MR) is 77.6 cm³/mol. The SMILES string of the molecule is O=C1C2CCCN2C(=O)N1Cc1coc(-c2cccc(F)c2)n1. The van der Waals surface area contributed by atoms with E-state index in [1.165, 1.54) is 23.3 Å². The number of urea groups is 1. The number of carbonyl (C=O) groups is 2. The van der Waals surface area contributed by atoms with E-state index in [1.54, 1.807) is 17.0 Å². The third-order valence-corrected chi connectivity index (χ3v) is 4.22. The molecule has 6 nitrogen and oxygen atoms in total. The highest BCUT2D eigenvalue weighted by atomic mass is 19.1. The van der Waals surface area contributed by atoms with Gasteiger partial charge in [-0.2, -0.15) is 0 Å². The zero-order chi connectivity index (χ0) is 16.0. The second-order valence-corrected chi connectivity index (χ2v) is 5.71. The lowest BCUT2D eigenvalue weighted by atomic mass is 10.2. The van der Waals surface area contributed by atoms with Crippen LogP contribution in [0.15, 0.2) is 34.9 Å². The van der Waals surface area contributed by atoms with Crippen LogP contribution in [0, 0.1) is 5.82 Å². The van der Waals surface area contributed by atoms with Gasteiger partial charge in [0.05, 0.1) is 12.2 Å². The Hall–Kier alpha value is -2.70. The molecule has 0 spiro atoms. The summed E-state index contributed by atoms with van der Waals surface area (Å²) in [7, 11) is 0. The minimum Gasteiger partial charge on any atom is -0.444 e. The quantitative estimate of drug-likeness (QED) is 0.816. The van der Waals surface area contributed by atoms with E-state index >= 15 is 0 Å². The highest BCUT2D eigenvalue weighted by molar-refractivity contribution is 6.04. The van der Waals surface area contributed by atoms with Crippen molar-refractivity contribution in [1.82, 2.24) is 14.8 Å². The first-order valence-corrected chi connectivity index (χ1v) is 7.46. The fourth-order valence-corrected chi connectivity index (χ4v) is 3.12. The number of fused-ring (bicyclic) bond motifs is 1. The highest BCUT2D eigenvalue weighted by Crippen LogP contribution is 2.29. The van der Waals surface area contributed by atoms with E-state index < -0.39 is 0 Å². The minimum atomic E-state index is -0.382. The number of oxazole rings is 1. The van der Waals surface area contributed by atoms with Crippen molar-refractivity contribution in [2.75, 3.05) is 6.54 Å². The van der Waals surface area contributed by atoms with E-state index in [-0.39, 0.29) is 36.2 Å². The van der Waals surface area contributed by atoms with Crippen LogP contribution in [0.3, 0.4) is 0 Å². The lowest BCUT2D eigenvalue weighted by Crippen LogP contribution is -2.32. The Morgan fingerprint density at radius 2 is 2.22 bits per heavy atom. The van der Waals surface area contributed by atoms with Crippen molar-refractivity contribution in [2.45, 2.75) is 25.4 Å². The number of halogens is 1. The summed E-state index contributed by atoms with van der Waals surface area (Å²) in [5.74, 6) is -0.297. The summed E-state index contributed by atoms with van der Waals surface area (Å²) in [6.07, 6.45) is 2.97. The van der Waals surface area contributed by atoms with Gasteiger partial charge in [0.2, 0.25) is 5.89 Å². The fourth-order valence-electron chi connectivity index (χ4n) is 3.12. The fraction of sp³-hybridized carbons (Fsp3) is 0.312. The summed E-state index contributed by atoms with van der Waals surface area (Å²) in [6, 6.07) is 5.31. The van der Waals surface area contributed by atoms with Gasteiger partial charge in [0.1, 0.15) is 18.1 Å². The van der Waals surface area contributed by atoms with Crippen molar-refractivity contribution in [3.63, 3.8) is 0 Å². The molecule has 23 heavy (non-hydrogen) atoms. The summed E-state index contributed by atoms with van der Waals surface area (Å²) >= 11 is 0. The molecule has 0 saturated carbocycles. The average molecular weight is 315 g/mol. The molecule has 0 N–H and O–H groups in total. The lowest BCUT2D eigenvalue weighted by Gasteiger charge is -2.13. The molecule has 1 aromatic heterocycles. The van der Waals surface area contributed by atoms with Gasteiger partial charge in [0, 0.05) is 12.1 Å². The van der Waals surface area contributed by atoms with Crippen LogP contribution in [-0.4, -0.2) is 39.3 Å². The highest BCUT2D eigenvalue weighted by Gasteiger charge is 2.47. The lowest BCUT2D eigenvalue weighted by molar-refractivity contribution is -0.128. The molecule has 2 fully saturated rings. The number of amides is 3. The number of hydrogen-bond donors (Lipinski definition) is 0. The summed E-state index contributed by atoms with van der Waals surface area (Å²) in [5, 5.41) is 0. The Balaban J connectivity index is 1.54. The van der Waals surface area contributed by atoms with Gasteiger partial charge in [0.15, 0.2) is 0 Å². The molecule has 0 radical (unpaired) electrons. The number of rotatable bonds is 3. The van der Waals surface area contributed by atoms with Crippen molar-refractivity contribution in [3.05, 3.63) is 42.0 Å². The van der Waals surface area contributed by atoms with E-state index in [0.29, 0.717) is 24.2 Å². The Bertz CT molecular complexity index is 766. The predicted octanol–water partition coefficient (Wildman–Crippen LogP) is 2.41. The number of nitrogens with zero attached hydrogens (tertiary/aromatic N) is 3.